The van der Waals surface area contributed by atoms with E-state index in [1.54, 1.807) is 53.7 Å². The second-order valence-corrected chi connectivity index (χ2v) is 7.03. The molecule has 0 unspecified atom stereocenters. The first-order chi connectivity index (χ1) is 14.5. The summed E-state index contributed by atoms with van der Waals surface area (Å²) in [6.45, 7) is 6.84. The topological polar surface area (TPSA) is 83.0 Å². The summed E-state index contributed by atoms with van der Waals surface area (Å²) in [5.74, 6) is -0.945. The van der Waals surface area contributed by atoms with Gasteiger partial charge in [-0.25, -0.2) is 0 Å². The molecule has 1 N–H and O–H groups in total. The van der Waals surface area contributed by atoms with Gasteiger partial charge in [0.15, 0.2) is 0 Å². The van der Waals surface area contributed by atoms with Crippen LogP contribution in [-0.2, 0) is 9.59 Å². The van der Waals surface area contributed by atoms with Crippen molar-refractivity contribution in [2.24, 2.45) is 0 Å². The highest BCUT2D eigenvalue weighted by Crippen LogP contribution is 2.39. The third-order valence-electron chi connectivity index (χ3n) is 5.46. The molecular formula is C23H27N3O4. The van der Waals surface area contributed by atoms with Crippen molar-refractivity contribution in [1.29, 1.82) is 0 Å². The molecule has 158 valence electrons. The number of hydrogen-bond acceptors (Lipinski definition) is 6. The molecule has 0 bridgehead atoms. The molecule has 30 heavy (non-hydrogen) atoms. The molecule has 0 spiro atoms. The van der Waals surface area contributed by atoms with Crippen LogP contribution in [-0.4, -0.2) is 64.9 Å². The summed E-state index contributed by atoms with van der Waals surface area (Å²) in [7, 11) is 1.53. The minimum atomic E-state index is -0.684. The van der Waals surface area contributed by atoms with Gasteiger partial charge in [0, 0.05) is 31.0 Å². The summed E-state index contributed by atoms with van der Waals surface area (Å²) < 4.78 is 5.23. The molecule has 0 radical (unpaired) electrons. The van der Waals surface area contributed by atoms with Gasteiger partial charge < -0.3 is 19.6 Å². The van der Waals surface area contributed by atoms with Crippen LogP contribution in [0.2, 0.25) is 0 Å². The Morgan fingerprint density at radius 1 is 1.17 bits per heavy atom. The highest BCUT2D eigenvalue weighted by Gasteiger charge is 2.45. The van der Waals surface area contributed by atoms with Crippen LogP contribution >= 0.6 is 0 Å². The average molecular weight is 409 g/mol. The lowest BCUT2D eigenvalue weighted by atomic mass is 9.96. The summed E-state index contributed by atoms with van der Waals surface area (Å²) >= 11 is 0. The van der Waals surface area contributed by atoms with Crippen LogP contribution < -0.4 is 4.74 Å². The van der Waals surface area contributed by atoms with Crippen molar-refractivity contribution < 1.29 is 19.4 Å². The number of benzene rings is 1. The van der Waals surface area contributed by atoms with E-state index in [9.17, 15) is 14.7 Å². The van der Waals surface area contributed by atoms with E-state index in [4.69, 9.17) is 4.74 Å². The van der Waals surface area contributed by atoms with Crippen LogP contribution in [0.15, 0.2) is 54.4 Å². The summed E-state index contributed by atoms with van der Waals surface area (Å²) in [4.78, 5) is 33.7. The molecule has 7 nitrogen and oxygen atoms in total. The van der Waals surface area contributed by atoms with Crippen molar-refractivity contribution in [3.8, 4) is 5.75 Å². The van der Waals surface area contributed by atoms with E-state index >= 15 is 0 Å². The van der Waals surface area contributed by atoms with Crippen molar-refractivity contribution in [2.45, 2.75) is 19.9 Å². The third-order valence-corrected chi connectivity index (χ3v) is 5.46. The van der Waals surface area contributed by atoms with Gasteiger partial charge in [-0.05, 0) is 42.9 Å². The molecule has 1 aromatic carbocycles. The smallest absolute Gasteiger partial charge is 0.295 e. The highest BCUT2D eigenvalue weighted by atomic mass is 16.5. The van der Waals surface area contributed by atoms with Crippen molar-refractivity contribution in [2.75, 3.05) is 33.3 Å². The number of ketones is 1. The number of rotatable bonds is 8. The Balaban J connectivity index is 2.08. The fourth-order valence-corrected chi connectivity index (χ4v) is 3.72. The number of aromatic nitrogens is 1. The van der Waals surface area contributed by atoms with Crippen LogP contribution in [0.5, 0.6) is 5.75 Å². The first-order valence-electron chi connectivity index (χ1n) is 10.1. The molecule has 0 saturated carbocycles. The summed E-state index contributed by atoms with van der Waals surface area (Å²) in [6.07, 6.45) is 3.23. The van der Waals surface area contributed by atoms with E-state index in [1.807, 2.05) is 0 Å². The molecule has 3 rings (SSSR count). The van der Waals surface area contributed by atoms with Gasteiger partial charge in [0.05, 0.1) is 18.7 Å². The molecule has 1 amide bonds. The van der Waals surface area contributed by atoms with Crippen LogP contribution in [0.3, 0.4) is 0 Å². The van der Waals surface area contributed by atoms with Crippen LogP contribution in [0, 0.1) is 0 Å². The van der Waals surface area contributed by atoms with Gasteiger partial charge in [-0.3, -0.25) is 14.6 Å². The van der Waals surface area contributed by atoms with Crippen molar-refractivity contribution in [3.05, 3.63) is 65.5 Å². The number of likely N-dealkylation sites (tertiary alicyclic amines) is 1. The standard InChI is InChI=1S/C23H27N3O4/c1-4-25(5-2)13-14-26-20(16-9-11-24-12-10-16)19(22(28)23(26)29)21(27)17-7-6-8-18(15-17)30-3/h6-12,15,20,27H,4-5,13-14H2,1-3H3/b21-19+/t20-/m0/s1. The SMILES string of the molecule is CCN(CC)CCN1C(=O)C(=O)/C(=C(/O)c2cccc(OC)c2)[C@@H]1c1ccncc1. The van der Waals surface area contributed by atoms with E-state index in [0.29, 0.717) is 24.4 Å². The lowest BCUT2D eigenvalue weighted by Gasteiger charge is -2.28. The van der Waals surface area contributed by atoms with Crippen molar-refractivity contribution >= 4 is 17.4 Å². The number of nitrogens with zero attached hydrogens (tertiary/aromatic N) is 3. The monoisotopic (exact) mass is 409 g/mol. The largest absolute Gasteiger partial charge is 0.507 e. The van der Waals surface area contributed by atoms with E-state index < -0.39 is 17.7 Å². The lowest BCUT2D eigenvalue weighted by molar-refractivity contribution is -0.140. The predicted molar refractivity (Wildman–Crippen MR) is 114 cm³/mol. The van der Waals surface area contributed by atoms with E-state index in [2.05, 4.69) is 23.7 Å². The fourth-order valence-electron chi connectivity index (χ4n) is 3.72. The minimum Gasteiger partial charge on any atom is -0.507 e. The molecule has 1 aliphatic heterocycles. The van der Waals surface area contributed by atoms with E-state index in [-0.39, 0.29) is 11.3 Å². The number of likely N-dealkylation sites (N-methyl/N-ethyl adjacent to an activating group) is 1. The Morgan fingerprint density at radius 2 is 1.87 bits per heavy atom. The number of aliphatic hydroxyl groups excluding tert-OH is 1. The summed E-state index contributed by atoms with van der Waals surface area (Å²) in [5, 5.41) is 11.0. The van der Waals surface area contributed by atoms with E-state index in [0.717, 1.165) is 18.7 Å². The van der Waals surface area contributed by atoms with Gasteiger partial charge in [-0.2, -0.15) is 0 Å². The number of carbonyl (C=O) groups excluding carboxylic acids is 2. The Morgan fingerprint density at radius 3 is 2.50 bits per heavy atom. The predicted octanol–water partition coefficient (Wildman–Crippen LogP) is 2.85. The number of Topliss-reactive ketones (excluding diaryl/α,β-unsaturated/α-hetero) is 1. The molecule has 2 heterocycles. The quantitative estimate of drug-likeness (QED) is 0.410. The number of methoxy groups -OCH3 is 1. The van der Waals surface area contributed by atoms with Gasteiger partial charge in [0.25, 0.3) is 11.7 Å². The molecule has 7 heteroatoms. The maximum atomic E-state index is 13.0. The number of amides is 1. The van der Waals surface area contributed by atoms with Crippen LogP contribution in [0.1, 0.15) is 31.0 Å². The zero-order valence-electron chi connectivity index (χ0n) is 17.5. The summed E-state index contributed by atoms with van der Waals surface area (Å²) in [5.41, 5.74) is 1.24. The minimum absolute atomic E-state index is 0.0824. The lowest BCUT2D eigenvalue weighted by Crippen LogP contribution is -2.38. The van der Waals surface area contributed by atoms with Crippen LogP contribution in [0.4, 0.5) is 0 Å². The average Bonchev–Trinajstić information content (AvgIpc) is 3.04. The number of carbonyl (C=O) groups is 2. The van der Waals surface area contributed by atoms with Gasteiger partial charge in [0.2, 0.25) is 0 Å². The summed E-state index contributed by atoms with van der Waals surface area (Å²) in [6, 6.07) is 9.66. The molecule has 1 saturated heterocycles. The first-order valence-corrected chi connectivity index (χ1v) is 10.1. The second-order valence-electron chi connectivity index (χ2n) is 7.03. The molecule has 1 aromatic heterocycles. The Labute approximate surface area is 176 Å². The highest BCUT2D eigenvalue weighted by molar-refractivity contribution is 6.46. The Hall–Kier alpha value is -3.19. The van der Waals surface area contributed by atoms with Gasteiger partial charge >= 0.3 is 0 Å². The number of pyridine rings is 1. The number of ether oxygens (including phenoxy) is 1. The molecule has 1 fully saturated rings. The normalized spacial score (nSPS) is 18.3. The Bertz CT molecular complexity index is 938. The third kappa shape index (κ3) is 4.21. The Kier molecular flexibility index (Phi) is 6.84. The van der Waals surface area contributed by atoms with Gasteiger partial charge in [-0.1, -0.05) is 26.0 Å². The molecule has 1 atom stereocenters. The fraction of sp³-hybridized carbons (Fsp3) is 0.348. The van der Waals surface area contributed by atoms with Crippen LogP contribution in [0.25, 0.3) is 5.76 Å². The van der Waals surface area contributed by atoms with Gasteiger partial charge in [0.1, 0.15) is 11.5 Å². The number of hydrogen-bond donors (Lipinski definition) is 1. The van der Waals surface area contributed by atoms with Crippen molar-refractivity contribution in [3.63, 3.8) is 0 Å². The first kappa shape index (κ1) is 21.5. The second kappa shape index (κ2) is 9.54. The molecule has 0 aliphatic carbocycles. The van der Waals surface area contributed by atoms with Crippen molar-refractivity contribution in [1.82, 2.24) is 14.8 Å². The molecular weight excluding hydrogens is 382 g/mol. The maximum Gasteiger partial charge on any atom is 0.295 e. The zero-order chi connectivity index (χ0) is 21.7. The number of aliphatic hydroxyl groups is 1. The zero-order valence-corrected chi connectivity index (χ0v) is 17.5. The molecule has 2 aromatic rings. The van der Waals surface area contributed by atoms with E-state index in [1.165, 1.54) is 7.11 Å². The molecule has 1 aliphatic rings. The maximum absolute atomic E-state index is 13.0. The van der Waals surface area contributed by atoms with Gasteiger partial charge in [-0.15, -0.1) is 0 Å².